The van der Waals surface area contributed by atoms with Gasteiger partial charge in [-0.3, -0.25) is 0 Å². The van der Waals surface area contributed by atoms with E-state index in [2.05, 4.69) is 4.74 Å². The number of hydrogen-bond donors (Lipinski definition) is 1. The Balaban J connectivity index is 2.53. The third-order valence-corrected chi connectivity index (χ3v) is 5.51. The number of ether oxygens (including phenoxy) is 1. The maximum Gasteiger partial charge on any atom is 0.350 e. The van der Waals surface area contributed by atoms with E-state index in [1.54, 1.807) is 0 Å². The van der Waals surface area contributed by atoms with Gasteiger partial charge in [-0.15, -0.1) is 11.3 Å². The molecule has 2 rings (SSSR count). The van der Waals surface area contributed by atoms with Crippen molar-refractivity contribution in [2.75, 3.05) is 12.8 Å². The summed E-state index contributed by atoms with van der Waals surface area (Å²) >= 11 is 0.881. The second kappa shape index (κ2) is 5.22. The topological polar surface area (TPSA) is 86.5 Å². The average Bonchev–Trinajstić information content (AvgIpc) is 2.81. The van der Waals surface area contributed by atoms with Crippen LogP contribution in [-0.2, 0) is 14.6 Å². The number of sulfone groups is 1. The largest absolute Gasteiger partial charge is 0.465 e. The molecule has 5 nitrogen and oxygen atoms in total. The van der Waals surface area contributed by atoms with Gasteiger partial charge in [0.15, 0.2) is 0 Å². The molecule has 0 bridgehead atoms. The van der Waals surface area contributed by atoms with Crippen LogP contribution in [0.25, 0.3) is 0 Å². The lowest BCUT2D eigenvalue weighted by Crippen LogP contribution is -2.07. The van der Waals surface area contributed by atoms with Gasteiger partial charge in [0, 0.05) is 5.38 Å². The zero-order chi connectivity index (χ0) is 14.9. The molecule has 0 amide bonds. The molecule has 0 saturated carbocycles. The highest BCUT2D eigenvalue weighted by atomic mass is 32.2. The Morgan fingerprint density at radius 2 is 1.90 bits per heavy atom. The molecule has 0 aliphatic rings. The smallest absolute Gasteiger partial charge is 0.350 e. The van der Waals surface area contributed by atoms with Gasteiger partial charge in [0.25, 0.3) is 0 Å². The molecule has 0 unspecified atom stereocenters. The van der Waals surface area contributed by atoms with Crippen LogP contribution < -0.4 is 5.73 Å². The van der Waals surface area contributed by atoms with Crippen LogP contribution in [0, 0.1) is 5.82 Å². The molecule has 1 aromatic carbocycles. The number of esters is 1. The average molecular weight is 315 g/mol. The fraction of sp³-hybridized carbons (Fsp3) is 0.0833. The molecule has 0 atom stereocenters. The van der Waals surface area contributed by atoms with Crippen LogP contribution in [0.4, 0.5) is 10.1 Å². The summed E-state index contributed by atoms with van der Waals surface area (Å²) in [6, 6.07) is 4.35. The molecule has 0 radical (unpaired) electrons. The maximum atomic E-state index is 12.8. The molecule has 106 valence electrons. The third kappa shape index (κ3) is 2.39. The Morgan fingerprint density at radius 1 is 1.30 bits per heavy atom. The van der Waals surface area contributed by atoms with Crippen LogP contribution in [0.3, 0.4) is 0 Å². The molecule has 0 aliphatic heterocycles. The Labute approximate surface area is 118 Å². The van der Waals surface area contributed by atoms with E-state index in [4.69, 9.17) is 5.73 Å². The normalized spacial score (nSPS) is 11.3. The minimum Gasteiger partial charge on any atom is -0.465 e. The Morgan fingerprint density at radius 3 is 2.45 bits per heavy atom. The molecule has 0 fully saturated rings. The van der Waals surface area contributed by atoms with E-state index in [-0.39, 0.29) is 20.4 Å². The second-order valence-electron chi connectivity index (χ2n) is 3.79. The summed E-state index contributed by atoms with van der Waals surface area (Å²) < 4.78 is 42.0. The highest BCUT2D eigenvalue weighted by molar-refractivity contribution is 7.91. The lowest BCUT2D eigenvalue weighted by molar-refractivity contribution is 0.0607. The molecule has 1 heterocycles. The molecular weight excluding hydrogens is 305 g/mol. The number of carbonyl (C=O) groups is 1. The second-order valence-corrected chi connectivity index (χ2v) is 6.59. The van der Waals surface area contributed by atoms with Gasteiger partial charge in [0.2, 0.25) is 9.84 Å². The van der Waals surface area contributed by atoms with Crippen molar-refractivity contribution < 1.29 is 22.3 Å². The monoisotopic (exact) mass is 315 g/mol. The predicted octanol–water partition coefficient (Wildman–Crippen LogP) is 2.09. The summed E-state index contributed by atoms with van der Waals surface area (Å²) in [4.78, 5) is 11.2. The van der Waals surface area contributed by atoms with Crippen LogP contribution in [0.2, 0.25) is 0 Å². The van der Waals surface area contributed by atoms with Gasteiger partial charge in [-0.2, -0.15) is 0 Å². The first-order valence-corrected chi connectivity index (χ1v) is 7.70. The van der Waals surface area contributed by atoms with Gasteiger partial charge in [-0.05, 0) is 24.3 Å². The number of halogens is 1. The number of methoxy groups -OCH3 is 1. The van der Waals surface area contributed by atoms with E-state index < -0.39 is 21.6 Å². The van der Waals surface area contributed by atoms with Gasteiger partial charge in [-0.1, -0.05) is 0 Å². The third-order valence-electron chi connectivity index (χ3n) is 2.58. The van der Waals surface area contributed by atoms with Crippen LogP contribution in [0.15, 0.2) is 39.4 Å². The van der Waals surface area contributed by atoms with Crippen LogP contribution in [0.5, 0.6) is 0 Å². The van der Waals surface area contributed by atoms with Gasteiger partial charge in [-0.25, -0.2) is 17.6 Å². The number of anilines is 1. The summed E-state index contributed by atoms with van der Waals surface area (Å²) in [5.74, 6) is -1.24. The molecule has 8 heteroatoms. The van der Waals surface area contributed by atoms with E-state index in [1.165, 1.54) is 12.5 Å². The first-order chi connectivity index (χ1) is 9.37. The quantitative estimate of drug-likeness (QED) is 0.692. The van der Waals surface area contributed by atoms with Crippen molar-refractivity contribution in [3.63, 3.8) is 0 Å². The molecule has 2 aromatic rings. The highest BCUT2D eigenvalue weighted by Gasteiger charge is 2.26. The molecule has 1 aromatic heterocycles. The van der Waals surface area contributed by atoms with Crippen molar-refractivity contribution in [2.45, 2.75) is 9.79 Å². The van der Waals surface area contributed by atoms with Crippen molar-refractivity contribution in [3.8, 4) is 0 Å². The van der Waals surface area contributed by atoms with Crippen LogP contribution in [0.1, 0.15) is 9.67 Å². The molecule has 0 aliphatic carbocycles. The highest BCUT2D eigenvalue weighted by Crippen LogP contribution is 2.33. The molecule has 2 N–H and O–H groups in total. The van der Waals surface area contributed by atoms with Crippen LogP contribution in [-0.4, -0.2) is 21.5 Å². The van der Waals surface area contributed by atoms with Gasteiger partial charge in [0.05, 0.1) is 17.7 Å². The Hall–Kier alpha value is -1.93. The fourth-order valence-electron chi connectivity index (χ4n) is 1.55. The van der Waals surface area contributed by atoms with E-state index in [1.807, 2.05) is 0 Å². The Bertz CT molecular complexity index is 750. The standard InChI is InChI=1S/C12H10FNO4S2/c1-18-12(15)11-10(14)9(6-19-11)20(16,17)8-4-2-7(13)3-5-8/h2-6H,14H2,1H3. The summed E-state index contributed by atoms with van der Waals surface area (Å²) in [6.07, 6.45) is 0. The van der Waals surface area contributed by atoms with Crippen molar-refractivity contribution in [3.05, 3.63) is 40.3 Å². The van der Waals surface area contributed by atoms with Crippen molar-refractivity contribution in [2.24, 2.45) is 0 Å². The molecule has 0 spiro atoms. The van der Waals surface area contributed by atoms with Crippen LogP contribution >= 0.6 is 11.3 Å². The van der Waals surface area contributed by atoms with E-state index in [0.717, 1.165) is 35.6 Å². The van der Waals surface area contributed by atoms with Gasteiger partial charge < -0.3 is 10.5 Å². The number of benzene rings is 1. The minimum atomic E-state index is -3.90. The summed E-state index contributed by atoms with van der Waals surface area (Å²) in [5.41, 5.74) is 5.53. The number of carbonyl (C=O) groups excluding carboxylic acids is 1. The number of nitrogens with two attached hydrogens (primary N) is 1. The maximum absolute atomic E-state index is 12.8. The van der Waals surface area contributed by atoms with E-state index >= 15 is 0 Å². The summed E-state index contributed by atoms with van der Waals surface area (Å²) in [7, 11) is -2.72. The predicted molar refractivity (Wildman–Crippen MR) is 71.9 cm³/mol. The summed E-state index contributed by atoms with van der Waals surface area (Å²) in [5, 5.41) is 1.26. The molecular formula is C12H10FNO4S2. The van der Waals surface area contributed by atoms with Crippen molar-refractivity contribution >= 4 is 32.8 Å². The number of rotatable bonds is 3. The fourth-order valence-corrected chi connectivity index (χ4v) is 4.17. The van der Waals surface area contributed by atoms with Crippen molar-refractivity contribution in [1.29, 1.82) is 0 Å². The molecule has 0 saturated heterocycles. The zero-order valence-corrected chi connectivity index (χ0v) is 11.9. The SMILES string of the molecule is COC(=O)c1scc(S(=O)(=O)c2ccc(F)cc2)c1N. The summed E-state index contributed by atoms with van der Waals surface area (Å²) in [6.45, 7) is 0. The van der Waals surface area contributed by atoms with Gasteiger partial charge >= 0.3 is 5.97 Å². The van der Waals surface area contributed by atoms with E-state index in [0.29, 0.717) is 0 Å². The number of thiophene rings is 1. The number of nitrogen functional groups attached to an aromatic ring is 1. The first kappa shape index (κ1) is 14.5. The van der Waals surface area contributed by atoms with E-state index in [9.17, 15) is 17.6 Å². The minimum absolute atomic E-state index is 0.0215. The lowest BCUT2D eigenvalue weighted by atomic mass is 10.3. The molecule has 20 heavy (non-hydrogen) atoms. The lowest BCUT2D eigenvalue weighted by Gasteiger charge is -2.04. The Kier molecular flexibility index (Phi) is 3.78. The zero-order valence-electron chi connectivity index (χ0n) is 10.3. The number of hydrogen-bond acceptors (Lipinski definition) is 6. The first-order valence-electron chi connectivity index (χ1n) is 5.34. The van der Waals surface area contributed by atoms with Crippen molar-refractivity contribution in [1.82, 2.24) is 0 Å². The van der Waals surface area contributed by atoms with Gasteiger partial charge in [0.1, 0.15) is 15.6 Å².